The molecule has 0 spiro atoms. The molecule has 1 aliphatic carbocycles. The third-order valence-corrected chi connectivity index (χ3v) is 1.57. The summed E-state index contributed by atoms with van der Waals surface area (Å²) < 4.78 is 0. The first-order valence-corrected chi connectivity index (χ1v) is 3.59. The van der Waals surface area contributed by atoms with Gasteiger partial charge in [0.25, 0.3) is 0 Å². The van der Waals surface area contributed by atoms with Crippen molar-refractivity contribution in [3.8, 4) is 0 Å². The molecule has 0 aliphatic heterocycles. The number of nitrogens with one attached hydrogen (secondary N) is 1. The summed E-state index contributed by atoms with van der Waals surface area (Å²) in [6.07, 6.45) is 8.84. The van der Waals surface area contributed by atoms with E-state index in [2.05, 4.69) is 6.08 Å². The predicted octanol–water partition coefficient (Wildman–Crippen LogP) is 1.75. The van der Waals surface area contributed by atoms with Gasteiger partial charge in [0.1, 0.15) is 5.84 Å². The van der Waals surface area contributed by atoms with Crippen LogP contribution in [0.3, 0.4) is 0 Å². The van der Waals surface area contributed by atoms with Gasteiger partial charge in [-0.3, -0.25) is 5.41 Å². The van der Waals surface area contributed by atoms with Gasteiger partial charge >= 0.3 is 0 Å². The Hall–Kier alpha value is -1.31. The lowest BCUT2D eigenvalue weighted by Gasteiger charge is -1.96. The Morgan fingerprint density at radius 3 is 3.00 bits per heavy atom. The van der Waals surface area contributed by atoms with Crippen molar-refractivity contribution in [1.29, 1.82) is 5.41 Å². The van der Waals surface area contributed by atoms with E-state index in [0.29, 0.717) is 0 Å². The molecule has 58 valence electrons. The van der Waals surface area contributed by atoms with E-state index >= 15 is 0 Å². The fraction of sp³-hybridized carbons (Fsp3) is 0.222. The highest BCUT2D eigenvalue weighted by Crippen LogP contribution is 2.09. The number of hydrogen-bond acceptors (Lipinski definition) is 1. The fourth-order valence-electron chi connectivity index (χ4n) is 0.969. The molecule has 1 rings (SSSR count). The van der Waals surface area contributed by atoms with Crippen LogP contribution in [-0.2, 0) is 0 Å². The first-order chi connectivity index (χ1) is 5.20. The molecule has 0 heterocycles. The SMILES string of the molecule is CC1=CCC=CC(C(=N)N)=C1. The van der Waals surface area contributed by atoms with Gasteiger partial charge in [0.05, 0.1) is 0 Å². The van der Waals surface area contributed by atoms with Crippen molar-refractivity contribution in [2.24, 2.45) is 5.73 Å². The number of rotatable bonds is 1. The largest absolute Gasteiger partial charge is 0.384 e. The Balaban J connectivity index is 2.93. The summed E-state index contributed by atoms with van der Waals surface area (Å²) in [5, 5.41) is 7.21. The molecule has 0 amide bonds. The lowest BCUT2D eigenvalue weighted by molar-refractivity contribution is 1.35. The van der Waals surface area contributed by atoms with Crippen LogP contribution >= 0.6 is 0 Å². The smallest absolute Gasteiger partial charge is 0.122 e. The highest BCUT2D eigenvalue weighted by atomic mass is 14.7. The monoisotopic (exact) mass is 148 g/mol. The van der Waals surface area contributed by atoms with Crippen LogP contribution in [0.4, 0.5) is 0 Å². The Labute approximate surface area is 66.6 Å². The molecule has 3 N–H and O–H groups in total. The summed E-state index contributed by atoms with van der Waals surface area (Å²) in [5.41, 5.74) is 7.30. The molecule has 2 heteroatoms. The zero-order chi connectivity index (χ0) is 8.27. The molecule has 0 saturated carbocycles. The van der Waals surface area contributed by atoms with Crippen molar-refractivity contribution in [3.63, 3.8) is 0 Å². The summed E-state index contributed by atoms with van der Waals surface area (Å²) in [6, 6.07) is 0. The van der Waals surface area contributed by atoms with Crippen LogP contribution < -0.4 is 5.73 Å². The van der Waals surface area contributed by atoms with E-state index in [1.54, 1.807) is 0 Å². The van der Waals surface area contributed by atoms with E-state index in [-0.39, 0.29) is 5.84 Å². The molecule has 2 nitrogen and oxygen atoms in total. The third-order valence-electron chi connectivity index (χ3n) is 1.57. The van der Waals surface area contributed by atoms with Crippen LogP contribution in [0.2, 0.25) is 0 Å². The quantitative estimate of drug-likeness (QED) is 0.432. The number of amidine groups is 1. The van der Waals surface area contributed by atoms with Gasteiger partial charge in [-0.15, -0.1) is 0 Å². The van der Waals surface area contributed by atoms with Gasteiger partial charge in [0.2, 0.25) is 0 Å². The van der Waals surface area contributed by atoms with Crippen molar-refractivity contribution >= 4 is 5.84 Å². The first-order valence-electron chi connectivity index (χ1n) is 3.59. The molecule has 0 saturated heterocycles. The number of nitrogens with two attached hydrogens (primary N) is 1. The van der Waals surface area contributed by atoms with Crippen molar-refractivity contribution in [2.45, 2.75) is 13.3 Å². The molecular weight excluding hydrogens is 136 g/mol. The van der Waals surface area contributed by atoms with E-state index in [9.17, 15) is 0 Å². The molecule has 0 atom stereocenters. The molecule has 1 aliphatic rings. The van der Waals surface area contributed by atoms with Crippen LogP contribution in [0, 0.1) is 5.41 Å². The third kappa shape index (κ3) is 2.08. The molecule has 0 unspecified atom stereocenters. The minimum Gasteiger partial charge on any atom is -0.384 e. The maximum Gasteiger partial charge on any atom is 0.122 e. The van der Waals surface area contributed by atoms with Gasteiger partial charge in [-0.1, -0.05) is 23.8 Å². The van der Waals surface area contributed by atoms with Crippen molar-refractivity contribution in [1.82, 2.24) is 0 Å². The van der Waals surface area contributed by atoms with Crippen LogP contribution in [-0.4, -0.2) is 5.84 Å². The van der Waals surface area contributed by atoms with Crippen molar-refractivity contribution in [3.05, 3.63) is 35.5 Å². The van der Waals surface area contributed by atoms with Crippen molar-refractivity contribution < 1.29 is 0 Å². The van der Waals surface area contributed by atoms with Crippen molar-refractivity contribution in [2.75, 3.05) is 0 Å². The standard InChI is InChI=1S/C9H12N2/c1-7-4-2-3-5-8(6-7)9(10)11/h3-6H,2H2,1H3,(H3,10,11). The zero-order valence-electron chi connectivity index (χ0n) is 6.59. The fourth-order valence-corrected chi connectivity index (χ4v) is 0.969. The molecule has 0 bridgehead atoms. The van der Waals surface area contributed by atoms with Gasteiger partial charge in [0, 0.05) is 5.57 Å². The van der Waals surface area contributed by atoms with Gasteiger partial charge in [-0.05, 0) is 19.4 Å². The molecule has 0 aromatic carbocycles. The van der Waals surface area contributed by atoms with Gasteiger partial charge < -0.3 is 5.73 Å². The summed E-state index contributed by atoms with van der Waals surface area (Å²) >= 11 is 0. The molecule has 0 radical (unpaired) electrons. The summed E-state index contributed by atoms with van der Waals surface area (Å²) in [5.74, 6) is 0.135. The second-order valence-electron chi connectivity index (χ2n) is 2.60. The van der Waals surface area contributed by atoms with Crippen LogP contribution in [0.5, 0.6) is 0 Å². The number of hydrogen-bond donors (Lipinski definition) is 2. The Morgan fingerprint density at radius 2 is 2.36 bits per heavy atom. The van der Waals surface area contributed by atoms with E-state index in [1.807, 2.05) is 25.2 Å². The molecule has 0 aromatic heterocycles. The van der Waals surface area contributed by atoms with Crippen LogP contribution in [0.25, 0.3) is 0 Å². The second kappa shape index (κ2) is 3.19. The number of allylic oxidation sites excluding steroid dienone is 4. The summed E-state index contributed by atoms with van der Waals surface area (Å²) in [6.45, 7) is 2.01. The first kappa shape index (κ1) is 7.79. The minimum atomic E-state index is 0.135. The highest BCUT2D eigenvalue weighted by molar-refractivity contribution is 5.97. The van der Waals surface area contributed by atoms with E-state index in [0.717, 1.165) is 12.0 Å². The molecule has 11 heavy (non-hydrogen) atoms. The Bertz CT molecular complexity index is 257. The topological polar surface area (TPSA) is 49.9 Å². The van der Waals surface area contributed by atoms with E-state index in [4.69, 9.17) is 11.1 Å². The Morgan fingerprint density at radius 1 is 1.64 bits per heavy atom. The lowest BCUT2D eigenvalue weighted by Crippen LogP contribution is -2.11. The van der Waals surface area contributed by atoms with Gasteiger partial charge in [0.15, 0.2) is 0 Å². The van der Waals surface area contributed by atoms with Gasteiger partial charge in [-0.2, -0.15) is 0 Å². The highest BCUT2D eigenvalue weighted by Gasteiger charge is 1.98. The van der Waals surface area contributed by atoms with Crippen LogP contribution in [0.15, 0.2) is 35.5 Å². The predicted molar refractivity (Wildman–Crippen MR) is 47.5 cm³/mol. The summed E-state index contributed by atoms with van der Waals surface area (Å²) in [4.78, 5) is 0. The molecule has 0 fully saturated rings. The van der Waals surface area contributed by atoms with Crippen LogP contribution in [0.1, 0.15) is 13.3 Å². The maximum atomic E-state index is 7.21. The Kier molecular flexibility index (Phi) is 2.26. The maximum absolute atomic E-state index is 7.21. The second-order valence-corrected chi connectivity index (χ2v) is 2.60. The average molecular weight is 148 g/mol. The molecular formula is C9H12N2. The van der Waals surface area contributed by atoms with E-state index in [1.165, 1.54) is 5.57 Å². The average Bonchev–Trinajstić information content (AvgIpc) is 2.13. The van der Waals surface area contributed by atoms with Gasteiger partial charge in [-0.25, -0.2) is 0 Å². The minimum absolute atomic E-state index is 0.135. The summed E-state index contributed by atoms with van der Waals surface area (Å²) in [7, 11) is 0. The molecule has 0 aromatic rings. The lowest BCUT2D eigenvalue weighted by atomic mass is 10.2. The zero-order valence-corrected chi connectivity index (χ0v) is 6.59. The van der Waals surface area contributed by atoms with E-state index < -0.39 is 0 Å². The normalized spacial score (nSPS) is 16.8.